The molecular weight excluding hydrogens is 298 g/mol. The van der Waals surface area contributed by atoms with Gasteiger partial charge in [-0.2, -0.15) is 0 Å². The third-order valence-electron chi connectivity index (χ3n) is 4.22. The molecular formula is C17H26BrN. The predicted octanol–water partition coefficient (Wildman–Crippen LogP) is 5.31. The van der Waals surface area contributed by atoms with Gasteiger partial charge in [-0.3, -0.25) is 0 Å². The van der Waals surface area contributed by atoms with Crippen molar-refractivity contribution in [3.63, 3.8) is 0 Å². The number of nitrogens with one attached hydrogen (secondary N) is 1. The summed E-state index contributed by atoms with van der Waals surface area (Å²) < 4.78 is 1.16. The van der Waals surface area contributed by atoms with E-state index in [1.54, 1.807) is 0 Å². The second kappa shape index (κ2) is 5.97. The summed E-state index contributed by atoms with van der Waals surface area (Å²) in [4.78, 5) is 0. The second-order valence-electron chi connectivity index (χ2n) is 7.05. The fraction of sp³-hybridized carbons (Fsp3) is 0.647. The molecule has 0 aliphatic heterocycles. The maximum atomic E-state index is 3.83. The third kappa shape index (κ3) is 4.32. The number of hydrogen-bond acceptors (Lipinski definition) is 1. The van der Waals surface area contributed by atoms with E-state index >= 15 is 0 Å². The molecule has 1 fully saturated rings. The minimum atomic E-state index is 0.420. The SMILES string of the molecule is CC1CC(NC(C)c2cccc(Br)c2)CC(C)(C)C1. The van der Waals surface area contributed by atoms with Gasteiger partial charge in [0.1, 0.15) is 0 Å². The minimum Gasteiger partial charge on any atom is -0.307 e. The normalized spacial score (nSPS) is 28.1. The molecule has 0 heterocycles. The molecule has 1 saturated carbocycles. The Morgan fingerprint density at radius 1 is 1.32 bits per heavy atom. The fourth-order valence-corrected chi connectivity index (χ4v) is 4.12. The predicted molar refractivity (Wildman–Crippen MR) is 86.3 cm³/mol. The first-order chi connectivity index (χ1) is 8.85. The Labute approximate surface area is 126 Å². The molecule has 0 saturated heterocycles. The maximum absolute atomic E-state index is 3.83. The highest BCUT2D eigenvalue weighted by Crippen LogP contribution is 2.39. The third-order valence-corrected chi connectivity index (χ3v) is 4.71. The topological polar surface area (TPSA) is 12.0 Å². The van der Waals surface area contributed by atoms with Crippen LogP contribution in [-0.4, -0.2) is 6.04 Å². The van der Waals surface area contributed by atoms with E-state index in [1.165, 1.54) is 24.8 Å². The zero-order valence-electron chi connectivity index (χ0n) is 12.5. The van der Waals surface area contributed by atoms with Crippen LogP contribution in [0.3, 0.4) is 0 Å². The van der Waals surface area contributed by atoms with Gasteiger partial charge in [-0.25, -0.2) is 0 Å². The highest BCUT2D eigenvalue weighted by atomic mass is 79.9. The van der Waals surface area contributed by atoms with Crippen LogP contribution in [0.15, 0.2) is 28.7 Å². The number of rotatable bonds is 3. The van der Waals surface area contributed by atoms with Gasteiger partial charge in [-0.1, -0.05) is 48.8 Å². The molecule has 1 aromatic rings. The zero-order chi connectivity index (χ0) is 14.0. The lowest BCUT2D eigenvalue weighted by Gasteiger charge is -2.40. The van der Waals surface area contributed by atoms with Gasteiger partial charge in [0.25, 0.3) is 0 Å². The van der Waals surface area contributed by atoms with Crippen molar-refractivity contribution in [3.05, 3.63) is 34.3 Å². The van der Waals surface area contributed by atoms with Crippen LogP contribution in [0.2, 0.25) is 0 Å². The summed E-state index contributed by atoms with van der Waals surface area (Å²) in [7, 11) is 0. The minimum absolute atomic E-state index is 0.420. The molecule has 0 amide bonds. The smallest absolute Gasteiger partial charge is 0.0294 e. The molecule has 0 aromatic heterocycles. The van der Waals surface area contributed by atoms with Gasteiger partial charge in [0, 0.05) is 16.6 Å². The molecule has 2 rings (SSSR count). The number of hydrogen-bond donors (Lipinski definition) is 1. The van der Waals surface area contributed by atoms with Gasteiger partial charge in [0.05, 0.1) is 0 Å². The monoisotopic (exact) mass is 323 g/mol. The van der Waals surface area contributed by atoms with E-state index in [2.05, 4.69) is 73.2 Å². The van der Waals surface area contributed by atoms with Crippen LogP contribution < -0.4 is 5.32 Å². The van der Waals surface area contributed by atoms with E-state index in [4.69, 9.17) is 0 Å². The lowest BCUT2D eigenvalue weighted by molar-refractivity contribution is 0.145. The lowest BCUT2D eigenvalue weighted by atomic mass is 9.70. The maximum Gasteiger partial charge on any atom is 0.0294 e. The Kier molecular flexibility index (Phi) is 4.73. The van der Waals surface area contributed by atoms with E-state index in [-0.39, 0.29) is 0 Å². The van der Waals surface area contributed by atoms with E-state index in [0.29, 0.717) is 17.5 Å². The van der Waals surface area contributed by atoms with Crippen molar-refractivity contribution in [1.82, 2.24) is 5.32 Å². The summed E-state index contributed by atoms with van der Waals surface area (Å²) in [6.45, 7) is 9.47. The molecule has 1 nitrogen and oxygen atoms in total. The van der Waals surface area contributed by atoms with Gasteiger partial charge in [-0.15, -0.1) is 0 Å². The van der Waals surface area contributed by atoms with Crippen molar-refractivity contribution in [1.29, 1.82) is 0 Å². The summed E-state index contributed by atoms with van der Waals surface area (Å²) in [6.07, 6.45) is 3.95. The van der Waals surface area contributed by atoms with E-state index < -0.39 is 0 Å². The number of halogens is 1. The molecule has 0 radical (unpaired) electrons. The van der Waals surface area contributed by atoms with Crippen LogP contribution in [0.4, 0.5) is 0 Å². The van der Waals surface area contributed by atoms with Gasteiger partial charge in [-0.05, 0) is 55.2 Å². The Balaban J connectivity index is 2.00. The molecule has 3 unspecified atom stereocenters. The van der Waals surface area contributed by atoms with E-state index in [9.17, 15) is 0 Å². The summed E-state index contributed by atoms with van der Waals surface area (Å²) in [5, 5.41) is 3.83. The van der Waals surface area contributed by atoms with Gasteiger partial charge >= 0.3 is 0 Å². The quantitative estimate of drug-likeness (QED) is 0.794. The lowest BCUT2D eigenvalue weighted by Crippen LogP contribution is -2.41. The zero-order valence-corrected chi connectivity index (χ0v) is 14.1. The van der Waals surface area contributed by atoms with E-state index in [0.717, 1.165) is 10.4 Å². The average Bonchev–Trinajstić information content (AvgIpc) is 2.25. The summed E-state index contributed by atoms with van der Waals surface area (Å²) in [5.41, 5.74) is 1.84. The molecule has 0 bridgehead atoms. The van der Waals surface area contributed by atoms with Crippen LogP contribution in [0.1, 0.15) is 58.6 Å². The first-order valence-corrected chi connectivity index (χ1v) is 8.16. The summed E-state index contributed by atoms with van der Waals surface area (Å²) in [6, 6.07) is 9.69. The standard InChI is InChI=1S/C17H26BrN/c1-12-8-16(11-17(3,4)10-12)19-13(2)14-6-5-7-15(18)9-14/h5-7,9,12-13,16,19H,8,10-11H2,1-4H3. The number of benzene rings is 1. The van der Waals surface area contributed by atoms with Crippen molar-refractivity contribution in [3.8, 4) is 0 Å². The molecule has 1 aliphatic rings. The second-order valence-corrected chi connectivity index (χ2v) is 7.97. The molecule has 0 spiro atoms. The van der Waals surface area contributed by atoms with Crippen LogP contribution >= 0.6 is 15.9 Å². The fourth-order valence-electron chi connectivity index (χ4n) is 3.70. The summed E-state index contributed by atoms with van der Waals surface area (Å²) in [5.74, 6) is 0.830. The van der Waals surface area contributed by atoms with Crippen LogP contribution in [0, 0.1) is 11.3 Å². The largest absolute Gasteiger partial charge is 0.307 e. The average molecular weight is 324 g/mol. The Bertz CT molecular complexity index is 427. The Morgan fingerprint density at radius 3 is 2.68 bits per heavy atom. The van der Waals surface area contributed by atoms with Gasteiger partial charge in [0.2, 0.25) is 0 Å². The van der Waals surface area contributed by atoms with Crippen LogP contribution in [0.25, 0.3) is 0 Å². The van der Waals surface area contributed by atoms with Crippen molar-refractivity contribution in [2.24, 2.45) is 11.3 Å². The highest BCUT2D eigenvalue weighted by Gasteiger charge is 2.32. The summed E-state index contributed by atoms with van der Waals surface area (Å²) >= 11 is 3.56. The van der Waals surface area contributed by atoms with Crippen molar-refractivity contribution >= 4 is 15.9 Å². The first-order valence-electron chi connectivity index (χ1n) is 7.37. The van der Waals surface area contributed by atoms with Gasteiger partial charge in [0.15, 0.2) is 0 Å². The van der Waals surface area contributed by atoms with Crippen LogP contribution in [-0.2, 0) is 0 Å². The Morgan fingerprint density at radius 2 is 2.05 bits per heavy atom. The molecule has 19 heavy (non-hydrogen) atoms. The van der Waals surface area contributed by atoms with Gasteiger partial charge < -0.3 is 5.32 Å². The molecule has 1 aliphatic carbocycles. The van der Waals surface area contributed by atoms with Crippen LogP contribution in [0.5, 0.6) is 0 Å². The highest BCUT2D eigenvalue weighted by molar-refractivity contribution is 9.10. The molecule has 2 heteroatoms. The molecule has 1 N–H and O–H groups in total. The first kappa shape index (κ1) is 15.1. The molecule has 1 aromatic carbocycles. The van der Waals surface area contributed by atoms with Crippen molar-refractivity contribution in [2.75, 3.05) is 0 Å². The molecule has 3 atom stereocenters. The van der Waals surface area contributed by atoms with E-state index in [1.807, 2.05) is 0 Å². The van der Waals surface area contributed by atoms with Crippen molar-refractivity contribution in [2.45, 2.75) is 59.0 Å². The molecule has 106 valence electrons. The Hall–Kier alpha value is -0.340. The van der Waals surface area contributed by atoms with Crippen molar-refractivity contribution < 1.29 is 0 Å².